The maximum Gasteiger partial charge on any atom is 0.407 e. The molecule has 4 N–H and O–H groups in total. The molecule has 4 rings (SSSR count). The number of imide groups is 1. The van der Waals surface area contributed by atoms with Gasteiger partial charge in [0.25, 0.3) is 11.8 Å². The molecular weight excluding hydrogens is 458 g/mol. The molecule has 3 heterocycles. The van der Waals surface area contributed by atoms with Crippen LogP contribution in [-0.2, 0) is 22.6 Å². The molecule has 2 aromatic rings. The van der Waals surface area contributed by atoms with Gasteiger partial charge in [0, 0.05) is 4.88 Å². The number of carbonyl (C=O) groups excluding carboxylic acids is 3. The second-order valence-corrected chi connectivity index (χ2v) is 8.41. The number of aliphatic carboxylic acids is 1. The Labute approximate surface area is 188 Å². The smallest absolute Gasteiger partial charge is 0.407 e. The van der Waals surface area contributed by atoms with Crippen molar-refractivity contribution in [3.8, 4) is 0 Å². The summed E-state index contributed by atoms with van der Waals surface area (Å²) in [6.07, 6.45) is -1.50. The highest BCUT2D eigenvalue weighted by Gasteiger charge is 2.41. The molecule has 33 heavy (non-hydrogen) atoms. The van der Waals surface area contributed by atoms with Crippen LogP contribution in [0.15, 0.2) is 24.3 Å². The second kappa shape index (κ2) is 8.02. The van der Waals surface area contributed by atoms with E-state index in [4.69, 9.17) is 5.11 Å². The van der Waals surface area contributed by atoms with Gasteiger partial charge in [-0.15, -0.1) is 11.3 Å². The van der Waals surface area contributed by atoms with Gasteiger partial charge in [0.1, 0.15) is 5.00 Å². The van der Waals surface area contributed by atoms with Gasteiger partial charge in [0.2, 0.25) is 0 Å². The highest BCUT2D eigenvalue weighted by Crippen LogP contribution is 2.39. The first-order chi connectivity index (χ1) is 15.6. The van der Waals surface area contributed by atoms with Gasteiger partial charge >= 0.3 is 23.9 Å². The predicted molar refractivity (Wildman–Crippen MR) is 110 cm³/mol. The number of fused-ring (bicyclic) bond motifs is 2. The van der Waals surface area contributed by atoms with Crippen LogP contribution in [0.2, 0.25) is 0 Å². The largest absolute Gasteiger partial charge is 0.478 e. The van der Waals surface area contributed by atoms with Gasteiger partial charge in [-0.2, -0.15) is 0 Å². The number of rotatable bonds is 4. The Hall–Kier alpha value is -4.26. The number of hydrogen-bond acceptors (Lipinski definition) is 7. The summed E-state index contributed by atoms with van der Waals surface area (Å²) in [6, 6.07) is 5.22. The molecule has 13 heteroatoms. The van der Waals surface area contributed by atoms with Crippen molar-refractivity contribution in [1.29, 1.82) is 0 Å². The monoisotopic (exact) mass is 473 g/mol. The third kappa shape index (κ3) is 3.67. The van der Waals surface area contributed by atoms with Crippen LogP contribution in [0.25, 0.3) is 0 Å². The third-order valence-electron chi connectivity index (χ3n) is 5.44. The van der Waals surface area contributed by atoms with E-state index in [2.05, 4.69) is 0 Å². The third-order valence-corrected chi connectivity index (χ3v) is 6.57. The van der Waals surface area contributed by atoms with Crippen LogP contribution < -0.4 is 5.32 Å². The number of carboxylic acid groups (broad SMARTS) is 3. The summed E-state index contributed by atoms with van der Waals surface area (Å²) < 4.78 is 0. The average Bonchev–Trinajstić information content (AvgIpc) is 3.23. The minimum Gasteiger partial charge on any atom is -0.478 e. The van der Waals surface area contributed by atoms with Crippen molar-refractivity contribution in [2.24, 2.45) is 0 Å². The molecule has 0 aliphatic carbocycles. The molecular formula is C20H15N3O9S. The van der Waals surface area contributed by atoms with Crippen LogP contribution in [0.5, 0.6) is 0 Å². The van der Waals surface area contributed by atoms with Gasteiger partial charge in [-0.1, -0.05) is 12.1 Å². The molecule has 0 bridgehead atoms. The van der Waals surface area contributed by atoms with Gasteiger partial charge < -0.3 is 20.6 Å². The van der Waals surface area contributed by atoms with Crippen molar-refractivity contribution in [3.63, 3.8) is 0 Å². The van der Waals surface area contributed by atoms with Crippen molar-refractivity contribution < 1.29 is 44.1 Å². The molecule has 2 aliphatic rings. The summed E-state index contributed by atoms with van der Waals surface area (Å²) in [7, 11) is 0. The van der Waals surface area contributed by atoms with Gasteiger partial charge in [-0.25, -0.2) is 14.4 Å². The number of nitrogens with zero attached hydrogens (tertiary/aromatic N) is 2. The predicted octanol–water partition coefficient (Wildman–Crippen LogP) is 1.17. The number of nitrogens with one attached hydrogen (secondary N) is 1. The van der Waals surface area contributed by atoms with Crippen LogP contribution in [-0.4, -0.2) is 73.5 Å². The Morgan fingerprint density at radius 2 is 1.64 bits per heavy atom. The Morgan fingerprint density at radius 1 is 1.03 bits per heavy atom. The number of carboxylic acids is 2. The standard InChI is InChI=1S/C20H15N3O9S/c24-14(19(29)30)21-15-13(18(27)28)11-5-8(22(20(31)32)7-12(11)33-15)6-23-16(25)9-3-1-2-4-10(9)17(23)26/h1-4,8H,5-7H2,(H,21,24)(H,27,28)(H,29,30)(H,31,32). The van der Waals surface area contributed by atoms with Crippen LogP contribution in [0, 0.1) is 0 Å². The SMILES string of the molecule is O=C(O)C(=O)Nc1sc2c(c1C(=O)O)CC(CN1C(=O)c3ccccc3C1=O)N(C(=O)O)C2. The van der Waals surface area contributed by atoms with Crippen LogP contribution >= 0.6 is 11.3 Å². The Balaban J connectivity index is 1.68. The fourth-order valence-electron chi connectivity index (χ4n) is 3.96. The van der Waals surface area contributed by atoms with E-state index in [9.17, 15) is 39.0 Å². The molecule has 1 atom stereocenters. The van der Waals surface area contributed by atoms with E-state index >= 15 is 0 Å². The van der Waals surface area contributed by atoms with E-state index in [1.807, 2.05) is 5.32 Å². The molecule has 0 saturated heterocycles. The summed E-state index contributed by atoms with van der Waals surface area (Å²) in [6.45, 7) is -0.559. The molecule has 0 spiro atoms. The highest BCUT2D eigenvalue weighted by molar-refractivity contribution is 7.17. The minimum atomic E-state index is -1.81. The first-order valence-electron chi connectivity index (χ1n) is 9.47. The fraction of sp³-hybridized carbons (Fsp3) is 0.200. The fourth-order valence-corrected chi connectivity index (χ4v) is 5.17. The lowest BCUT2D eigenvalue weighted by Gasteiger charge is -2.35. The molecule has 12 nitrogen and oxygen atoms in total. The lowest BCUT2D eigenvalue weighted by Crippen LogP contribution is -2.50. The van der Waals surface area contributed by atoms with E-state index in [1.165, 1.54) is 12.1 Å². The van der Waals surface area contributed by atoms with Gasteiger partial charge in [0.05, 0.1) is 35.8 Å². The first-order valence-corrected chi connectivity index (χ1v) is 10.3. The van der Waals surface area contributed by atoms with E-state index in [-0.39, 0.29) is 46.8 Å². The number of aromatic carboxylic acids is 1. The number of thiophene rings is 1. The Morgan fingerprint density at radius 3 is 2.15 bits per heavy atom. The number of hydrogen-bond donors (Lipinski definition) is 4. The van der Waals surface area contributed by atoms with Crippen LogP contribution in [0.1, 0.15) is 41.5 Å². The topological polar surface area (TPSA) is 182 Å². The lowest BCUT2D eigenvalue weighted by atomic mass is 9.96. The molecule has 170 valence electrons. The maximum atomic E-state index is 12.7. The van der Waals surface area contributed by atoms with Gasteiger partial charge in [0.15, 0.2) is 0 Å². The van der Waals surface area contributed by atoms with Crippen molar-refractivity contribution in [2.75, 3.05) is 11.9 Å². The normalized spacial score (nSPS) is 16.9. The number of carbonyl (C=O) groups is 6. The molecule has 2 aliphatic heterocycles. The second-order valence-electron chi connectivity index (χ2n) is 7.31. The van der Waals surface area contributed by atoms with E-state index in [0.29, 0.717) is 4.88 Å². The molecule has 4 amide bonds. The summed E-state index contributed by atoms with van der Waals surface area (Å²) in [5, 5.41) is 30.0. The van der Waals surface area contributed by atoms with Crippen molar-refractivity contribution in [3.05, 3.63) is 51.4 Å². The van der Waals surface area contributed by atoms with Gasteiger partial charge in [-0.3, -0.25) is 24.2 Å². The summed E-state index contributed by atoms with van der Waals surface area (Å²) in [5.74, 6) is -5.84. The quantitative estimate of drug-likeness (QED) is 0.374. The molecule has 1 unspecified atom stereocenters. The van der Waals surface area contributed by atoms with E-state index in [0.717, 1.165) is 21.1 Å². The van der Waals surface area contributed by atoms with E-state index in [1.54, 1.807) is 12.1 Å². The van der Waals surface area contributed by atoms with E-state index < -0.39 is 41.8 Å². The zero-order valence-corrected chi connectivity index (χ0v) is 17.4. The zero-order valence-electron chi connectivity index (χ0n) is 16.6. The Bertz CT molecular complexity index is 1220. The highest BCUT2D eigenvalue weighted by atomic mass is 32.1. The minimum absolute atomic E-state index is 0.157. The molecule has 1 aromatic heterocycles. The summed E-state index contributed by atoms with van der Waals surface area (Å²) >= 11 is 0.764. The molecule has 1 aromatic carbocycles. The zero-order chi connectivity index (χ0) is 24.0. The van der Waals surface area contributed by atoms with Crippen LogP contribution in [0.3, 0.4) is 0 Å². The molecule has 0 radical (unpaired) electrons. The Kier molecular flexibility index (Phi) is 5.33. The van der Waals surface area contributed by atoms with Crippen molar-refractivity contribution in [2.45, 2.75) is 19.0 Å². The number of anilines is 1. The summed E-state index contributed by atoms with van der Waals surface area (Å²) in [5.41, 5.74) is 0.261. The molecule has 0 fully saturated rings. The summed E-state index contributed by atoms with van der Waals surface area (Å²) in [4.78, 5) is 73.9. The lowest BCUT2D eigenvalue weighted by molar-refractivity contribution is -0.147. The number of amides is 4. The van der Waals surface area contributed by atoms with Gasteiger partial charge in [-0.05, 0) is 24.1 Å². The molecule has 0 saturated carbocycles. The first kappa shape index (κ1) is 22.0. The van der Waals surface area contributed by atoms with Crippen molar-refractivity contribution >= 4 is 52.1 Å². The number of benzene rings is 1. The maximum absolute atomic E-state index is 12.7. The van der Waals surface area contributed by atoms with Crippen LogP contribution in [0.4, 0.5) is 9.80 Å². The average molecular weight is 473 g/mol. The van der Waals surface area contributed by atoms with Crippen molar-refractivity contribution in [1.82, 2.24) is 9.80 Å².